The third kappa shape index (κ3) is 3.95. The minimum atomic E-state index is -3.85. The Hall–Kier alpha value is -3.68. The highest BCUT2D eigenvalue weighted by atomic mass is 32.2. The molecule has 9 nitrogen and oxygen atoms in total. The van der Waals surface area contributed by atoms with Crippen molar-refractivity contribution in [2.75, 3.05) is 6.54 Å². The molecule has 0 saturated carbocycles. The minimum absolute atomic E-state index is 0.00172. The van der Waals surface area contributed by atoms with Crippen LogP contribution in [0, 0.1) is 11.3 Å². The third-order valence-electron chi connectivity index (χ3n) is 5.39. The molecule has 10 heteroatoms. The Morgan fingerprint density at radius 1 is 1.25 bits per heavy atom. The van der Waals surface area contributed by atoms with Crippen LogP contribution in [0.2, 0.25) is 0 Å². The zero-order valence-electron chi connectivity index (χ0n) is 17.5. The SMILES string of the molecule is Cn1cncc1C1(C)NC(=O)CCNS(=O)(=O)c2cccc(c2)Oc2cc1ccc2C#N. The molecule has 0 saturated heterocycles. The van der Waals surface area contributed by atoms with E-state index in [4.69, 9.17) is 4.74 Å². The number of rotatable bonds is 1. The topological polar surface area (TPSA) is 126 Å². The Morgan fingerprint density at radius 3 is 2.78 bits per heavy atom. The van der Waals surface area contributed by atoms with E-state index in [0.29, 0.717) is 11.3 Å². The maximum absolute atomic E-state index is 12.8. The molecule has 1 amide bonds. The Morgan fingerprint density at radius 2 is 2.06 bits per heavy atom. The number of benzene rings is 2. The molecular weight excluding hydrogens is 430 g/mol. The van der Waals surface area contributed by atoms with Crippen molar-refractivity contribution < 1.29 is 17.9 Å². The van der Waals surface area contributed by atoms with Crippen LogP contribution in [-0.2, 0) is 27.4 Å². The summed E-state index contributed by atoms with van der Waals surface area (Å²) in [5.74, 6) is 0.158. The number of nitrogens with one attached hydrogen (secondary N) is 2. The summed E-state index contributed by atoms with van der Waals surface area (Å²) in [6.45, 7) is 1.75. The lowest BCUT2D eigenvalue weighted by Gasteiger charge is -2.32. The van der Waals surface area contributed by atoms with Crippen molar-refractivity contribution in [3.63, 3.8) is 0 Å². The number of nitriles is 1. The standard InChI is InChI=1S/C22H21N5O4S/c1-22(20-13-24-14-27(20)2)16-7-6-15(12-23)19(10-16)31-17-4-3-5-18(11-17)32(29,30)25-9-8-21(28)26-22/h3-7,10-11,13-14,25H,8-9H2,1-2H3,(H,26,28). The zero-order chi connectivity index (χ0) is 22.9. The molecule has 1 aromatic heterocycles. The molecule has 4 rings (SSSR count). The summed E-state index contributed by atoms with van der Waals surface area (Å²) in [4.78, 5) is 17.0. The van der Waals surface area contributed by atoms with Gasteiger partial charge < -0.3 is 14.6 Å². The second-order valence-corrected chi connectivity index (χ2v) is 9.38. The molecule has 3 aromatic rings. The minimum Gasteiger partial charge on any atom is -0.456 e. The molecule has 32 heavy (non-hydrogen) atoms. The maximum Gasteiger partial charge on any atom is 0.240 e. The second-order valence-electron chi connectivity index (χ2n) is 7.61. The summed E-state index contributed by atoms with van der Waals surface area (Å²) in [5.41, 5.74) is 0.638. The van der Waals surface area contributed by atoms with Gasteiger partial charge in [-0.15, -0.1) is 0 Å². The van der Waals surface area contributed by atoms with Gasteiger partial charge >= 0.3 is 0 Å². The highest BCUT2D eigenvalue weighted by Gasteiger charge is 2.34. The quantitative estimate of drug-likeness (QED) is 0.584. The van der Waals surface area contributed by atoms with Gasteiger partial charge in [0.15, 0.2) is 0 Å². The van der Waals surface area contributed by atoms with Gasteiger partial charge in [-0.25, -0.2) is 18.1 Å². The number of nitrogens with zero attached hydrogens (tertiary/aromatic N) is 3. The fraction of sp³-hybridized carbons (Fsp3) is 0.227. The van der Waals surface area contributed by atoms with Crippen LogP contribution < -0.4 is 14.8 Å². The summed E-state index contributed by atoms with van der Waals surface area (Å²) in [7, 11) is -2.04. The van der Waals surface area contributed by atoms with Crippen molar-refractivity contribution in [1.82, 2.24) is 19.6 Å². The van der Waals surface area contributed by atoms with E-state index in [0.717, 1.165) is 0 Å². The van der Waals surface area contributed by atoms with Gasteiger partial charge in [-0.1, -0.05) is 12.1 Å². The molecule has 0 spiro atoms. The number of hydrogen-bond acceptors (Lipinski definition) is 6. The molecule has 1 unspecified atom stereocenters. The van der Waals surface area contributed by atoms with Crippen LogP contribution in [0.1, 0.15) is 30.2 Å². The van der Waals surface area contributed by atoms with Crippen molar-refractivity contribution in [2.24, 2.45) is 7.05 Å². The average Bonchev–Trinajstić information content (AvgIpc) is 3.19. The smallest absolute Gasteiger partial charge is 0.240 e. The predicted molar refractivity (Wildman–Crippen MR) is 115 cm³/mol. The summed E-state index contributed by atoms with van der Waals surface area (Å²) < 4.78 is 35.4. The Kier molecular flexibility index (Phi) is 5.46. The maximum atomic E-state index is 12.8. The van der Waals surface area contributed by atoms with E-state index in [1.807, 2.05) is 14.0 Å². The molecule has 0 aliphatic carbocycles. The number of hydrogen-bond donors (Lipinski definition) is 2. The van der Waals surface area contributed by atoms with Crippen LogP contribution in [-0.4, -0.2) is 30.4 Å². The van der Waals surface area contributed by atoms with Crippen LogP contribution in [0.25, 0.3) is 0 Å². The number of amides is 1. The molecule has 164 valence electrons. The molecule has 2 N–H and O–H groups in total. The van der Waals surface area contributed by atoms with Crippen molar-refractivity contribution in [3.8, 4) is 17.6 Å². The fourth-order valence-electron chi connectivity index (χ4n) is 3.69. The second kappa shape index (κ2) is 8.11. The van der Waals surface area contributed by atoms with Crippen LogP contribution >= 0.6 is 0 Å². The van der Waals surface area contributed by atoms with Gasteiger partial charge in [-0.05, 0) is 36.8 Å². The molecule has 2 aromatic carbocycles. The molecule has 1 atom stereocenters. The lowest BCUT2D eigenvalue weighted by atomic mass is 9.87. The van der Waals surface area contributed by atoms with Crippen LogP contribution in [0.3, 0.4) is 0 Å². The highest BCUT2D eigenvalue weighted by molar-refractivity contribution is 7.89. The van der Waals surface area contributed by atoms with E-state index in [9.17, 15) is 18.5 Å². The van der Waals surface area contributed by atoms with Gasteiger partial charge in [0, 0.05) is 26.1 Å². The first-order valence-corrected chi connectivity index (χ1v) is 11.3. The van der Waals surface area contributed by atoms with Gasteiger partial charge in [0.1, 0.15) is 23.1 Å². The van der Waals surface area contributed by atoms with E-state index >= 15 is 0 Å². The Balaban J connectivity index is 1.91. The first-order valence-electron chi connectivity index (χ1n) is 9.83. The van der Waals surface area contributed by atoms with E-state index in [2.05, 4.69) is 21.1 Å². The average molecular weight is 452 g/mol. The van der Waals surface area contributed by atoms with Gasteiger partial charge in [-0.3, -0.25) is 4.79 Å². The van der Waals surface area contributed by atoms with E-state index < -0.39 is 15.6 Å². The zero-order valence-corrected chi connectivity index (χ0v) is 18.3. The van der Waals surface area contributed by atoms with Gasteiger partial charge in [-0.2, -0.15) is 5.26 Å². The van der Waals surface area contributed by atoms with Gasteiger partial charge in [0.05, 0.1) is 28.7 Å². The number of imidazole rings is 1. The molecule has 4 bridgehead atoms. The lowest BCUT2D eigenvalue weighted by molar-refractivity contribution is -0.122. The molecule has 2 heterocycles. The first-order chi connectivity index (χ1) is 15.2. The van der Waals surface area contributed by atoms with Gasteiger partial charge in [0.2, 0.25) is 15.9 Å². The lowest BCUT2D eigenvalue weighted by Crippen LogP contribution is -2.46. The summed E-state index contributed by atoms with van der Waals surface area (Å²) in [5, 5.41) is 12.6. The first kappa shape index (κ1) is 21.5. The van der Waals surface area contributed by atoms with E-state index in [1.165, 1.54) is 12.1 Å². The fourth-order valence-corrected chi connectivity index (χ4v) is 4.76. The number of fused-ring (bicyclic) bond motifs is 4. The van der Waals surface area contributed by atoms with E-state index in [-0.39, 0.29) is 40.8 Å². The Labute approximate surface area is 185 Å². The monoisotopic (exact) mass is 451 g/mol. The number of carbonyl (C=O) groups is 1. The van der Waals surface area contributed by atoms with Gasteiger partial charge in [0.25, 0.3) is 0 Å². The number of aryl methyl sites for hydroxylation is 1. The molecule has 1 aliphatic heterocycles. The molecular formula is C22H21N5O4S. The molecule has 0 fully saturated rings. The predicted octanol–water partition coefficient (Wildman–Crippen LogP) is 2.15. The van der Waals surface area contributed by atoms with E-state index in [1.54, 1.807) is 47.4 Å². The number of ether oxygens (including phenoxy) is 1. The van der Waals surface area contributed by atoms with Crippen LogP contribution in [0.5, 0.6) is 11.5 Å². The highest BCUT2D eigenvalue weighted by Crippen LogP contribution is 2.35. The van der Waals surface area contributed by atoms with Crippen molar-refractivity contribution in [1.29, 1.82) is 5.26 Å². The molecule has 0 radical (unpaired) electrons. The van der Waals surface area contributed by atoms with Crippen molar-refractivity contribution in [2.45, 2.75) is 23.8 Å². The number of carbonyl (C=O) groups excluding carboxylic acids is 1. The molecule has 1 aliphatic rings. The summed E-state index contributed by atoms with van der Waals surface area (Å²) in [6, 6.07) is 13.1. The number of aromatic nitrogens is 2. The normalized spacial score (nSPS) is 20.3. The van der Waals surface area contributed by atoms with Crippen LogP contribution in [0.4, 0.5) is 0 Å². The largest absolute Gasteiger partial charge is 0.456 e. The summed E-state index contributed by atoms with van der Waals surface area (Å²) >= 11 is 0. The third-order valence-corrected chi connectivity index (χ3v) is 6.84. The summed E-state index contributed by atoms with van der Waals surface area (Å²) in [6.07, 6.45) is 3.21. The number of sulfonamides is 1. The Bertz CT molecular complexity index is 1340. The van der Waals surface area contributed by atoms with Crippen LogP contribution in [0.15, 0.2) is 59.9 Å². The van der Waals surface area contributed by atoms with Crippen molar-refractivity contribution >= 4 is 15.9 Å². The van der Waals surface area contributed by atoms with Crippen molar-refractivity contribution in [3.05, 3.63) is 71.8 Å².